The number of aliphatic hydroxyl groups excluding tert-OH is 1. The number of H-pyrrole nitrogens is 1. The number of nitrogens with zero attached hydrogens (tertiary/aromatic N) is 5. The number of amides is 1. The number of fused-ring (bicyclic) bond motifs is 1. The minimum atomic E-state index is -0.392. The molecule has 3 atom stereocenters. The molecule has 11 nitrogen and oxygen atoms in total. The largest absolute Gasteiger partial charge is 0.463 e. The minimum Gasteiger partial charge on any atom is -0.463 e. The Hall–Kier alpha value is -3.60. The van der Waals surface area contributed by atoms with Crippen LogP contribution < -0.4 is 15.0 Å². The summed E-state index contributed by atoms with van der Waals surface area (Å²) in [5.74, 6) is 1.12. The Kier molecular flexibility index (Phi) is 6.82. The van der Waals surface area contributed by atoms with E-state index in [0.29, 0.717) is 24.1 Å². The Morgan fingerprint density at radius 2 is 2.17 bits per heavy atom. The number of aromatic amines is 1. The maximum atomic E-state index is 12.8. The zero-order valence-corrected chi connectivity index (χ0v) is 20.6. The molecule has 5 rings (SSSR count). The zero-order chi connectivity index (χ0) is 25.2. The molecule has 1 aliphatic carbocycles. The monoisotopic (exact) mass is 492 g/mol. The van der Waals surface area contributed by atoms with Crippen molar-refractivity contribution in [1.82, 2.24) is 30.5 Å². The number of aromatic nitrogens is 5. The first-order valence-corrected chi connectivity index (χ1v) is 12.5. The van der Waals surface area contributed by atoms with Gasteiger partial charge in [-0.05, 0) is 45.2 Å². The minimum absolute atomic E-state index is 0.161. The third-order valence-corrected chi connectivity index (χ3v) is 7.05. The van der Waals surface area contributed by atoms with E-state index in [1.165, 1.54) is 0 Å². The molecule has 1 amide bonds. The van der Waals surface area contributed by atoms with Gasteiger partial charge in [-0.1, -0.05) is 0 Å². The van der Waals surface area contributed by atoms with Crippen LogP contribution in [0.4, 0.5) is 5.82 Å². The number of piperidine rings is 1. The van der Waals surface area contributed by atoms with Crippen molar-refractivity contribution < 1.29 is 14.6 Å². The molecule has 36 heavy (non-hydrogen) atoms. The van der Waals surface area contributed by atoms with Gasteiger partial charge in [0.05, 0.1) is 18.9 Å². The van der Waals surface area contributed by atoms with Gasteiger partial charge in [-0.15, -0.1) is 0 Å². The highest BCUT2D eigenvalue weighted by molar-refractivity contribution is 5.93. The SMILES string of the molecule is CC(=N)[C@@H]1C[C@@H]1COc1nc(C(=O)N[C@H](C)CO)cc(N2CCC(c3n[nH]c4ncccc34)CC2)n1. The molecule has 1 saturated heterocycles. The molecular formula is C25H32N8O3. The number of hydrogen-bond acceptors (Lipinski definition) is 9. The van der Waals surface area contributed by atoms with E-state index in [1.54, 1.807) is 19.2 Å². The maximum Gasteiger partial charge on any atom is 0.319 e. The molecule has 2 aliphatic rings. The van der Waals surface area contributed by atoms with Gasteiger partial charge in [-0.2, -0.15) is 15.1 Å². The molecule has 4 heterocycles. The number of nitrogens with one attached hydrogen (secondary N) is 3. The molecule has 0 spiro atoms. The number of anilines is 1. The Labute approximate surface area is 209 Å². The standard InChI is InChI=1S/C25H32N8O3/c1-14(12-34)28-24(35)20-11-21(30-25(29-20)36-13-17-10-19(17)15(2)26)33-8-5-16(6-9-33)22-18-4-3-7-27-23(18)32-31-22/h3-4,7,11,14,16-17,19,26,34H,5-6,8-10,12-13H2,1-2H3,(H,28,35)(H,27,31,32)/t14-,17-,19+/m1/s1. The topological polar surface area (TPSA) is 153 Å². The predicted octanol–water partition coefficient (Wildman–Crippen LogP) is 2.30. The lowest BCUT2D eigenvalue weighted by molar-refractivity contribution is 0.0915. The quantitative estimate of drug-likeness (QED) is 0.332. The average molecular weight is 493 g/mol. The Bertz CT molecular complexity index is 1250. The zero-order valence-electron chi connectivity index (χ0n) is 20.6. The van der Waals surface area contributed by atoms with Gasteiger partial charge in [0.2, 0.25) is 0 Å². The van der Waals surface area contributed by atoms with Crippen LogP contribution >= 0.6 is 0 Å². The molecule has 3 aromatic rings. The van der Waals surface area contributed by atoms with E-state index in [-0.39, 0.29) is 36.1 Å². The van der Waals surface area contributed by atoms with Gasteiger partial charge >= 0.3 is 6.01 Å². The first kappa shape index (κ1) is 24.1. The molecule has 190 valence electrons. The fourth-order valence-corrected chi connectivity index (χ4v) is 4.81. The van der Waals surface area contributed by atoms with E-state index in [1.807, 2.05) is 19.1 Å². The smallest absolute Gasteiger partial charge is 0.319 e. The summed E-state index contributed by atoms with van der Waals surface area (Å²) in [6, 6.07) is 5.42. The van der Waals surface area contributed by atoms with Gasteiger partial charge in [0.25, 0.3) is 5.91 Å². The van der Waals surface area contributed by atoms with Crippen LogP contribution in [0.3, 0.4) is 0 Å². The van der Waals surface area contributed by atoms with Crippen molar-refractivity contribution in [2.24, 2.45) is 11.8 Å². The van der Waals surface area contributed by atoms with Crippen molar-refractivity contribution in [2.45, 2.75) is 45.1 Å². The summed E-state index contributed by atoms with van der Waals surface area (Å²) in [7, 11) is 0. The molecule has 1 aliphatic heterocycles. The van der Waals surface area contributed by atoms with Gasteiger partial charge in [-0.25, -0.2) is 4.98 Å². The molecular weight excluding hydrogens is 460 g/mol. The number of ether oxygens (including phenoxy) is 1. The molecule has 0 unspecified atom stereocenters. The summed E-state index contributed by atoms with van der Waals surface area (Å²) in [5, 5.41) is 28.5. The normalized spacial score (nSPS) is 20.8. The third kappa shape index (κ3) is 5.15. The maximum absolute atomic E-state index is 12.8. The lowest BCUT2D eigenvalue weighted by Crippen LogP contribution is -2.36. The van der Waals surface area contributed by atoms with Crippen molar-refractivity contribution in [3.63, 3.8) is 0 Å². The van der Waals surface area contributed by atoms with Crippen molar-refractivity contribution in [3.05, 3.63) is 35.8 Å². The van der Waals surface area contributed by atoms with Crippen LogP contribution in [0.15, 0.2) is 24.4 Å². The Balaban J connectivity index is 1.31. The molecule has 4 N–H and O–H groups in total. The molecule has 0 aromatic carbocycles. The Morgan fingerprint density at radius 1 is 1.36 bits per heavy atom. The van der Waals surface area contributed by atoms with Gasteiger partial charge < -0.3 is 25.5 Å². The van der Waals surface area contributed by atoms with E-state index in [9.17, 15) is 9.90 Å². The van der Waals surface area contributed by atoms with E-state index in [2.05, 4.69) is 35.4 Å². The first-order chi connectivity index (χ1) is 17.4. The van der Waals surface area contributed by atoms with Crippen molar-refractivity contribution in [2.75, 3.05) is 31.2 Å². The molecule has 0 bridgehead atoms. The highest BCUT2D eigenvalue weighted by atomic mass is 16.5. The van der Waals surface area contributed by atoms with Gasteiger partial charge in [0.1, 0.15) is 11.5 Å². The highest BCUT2D eigenvalue weighted by Gasteiger charge is 2.39. The molecule has 11 heteroatoms. The van der Waals surface area contributed by atoms with E-state index in [4.69, 9.17) is 10.1 Å². The van der Waals surface area contributed by atoms with E-state index < -0.39 is 6.04 Å². The number of aliphatic hydroxyl groups is 1. The van der Waals surface area contributed by atoms with Crippen LogP contribution in [-0.2, 0) is 0 Å². The van der Waals surface area contributed by atoms with Crippen LogP contribution in [0.5, 0.6) is 6.01 Å². The highest BCUT2D eigenvalue weighted by Crippen LogP contribution is 2.39. The Morgan fingerprint density at radius 3 is 2.89 bits per heavy atom. The van der Waals surface area contributed by atoms with Crippen LogP contribution in [0.1, 0.15) is 55.2 Å². The average Bonchev–Trinajstić information content (AvgIpc) is 3.57. The van der Waals surface area contributed by atoms with Crippen LogP contribution in [0.2, 0.25) is 0 Å². The summed E-state index contributed by atoms with van der Waals surface area (Å²) in [5.41, 5.74) is 2.72. The summed E-state index contributed by atoms with van der Waals surface area (Å²) < 4.78 is 5.90. The van der Waals surface area contributed by atoms with Gasteiger partial charge in [-0.3, -0.25) is 9.89 Å². The van der Waals surface area contributed by atoms with E-state index >= 15 is 0 Å². The molecule has 3 aromatic heterocycles. The predicted molar refractivity (Wildman–Crippen MR) is 135 cm³/mol. The molecule has 1 saturated carbocycles. The summed E-state index contributed by atoms with van der Waals surface area (Å²) in [6.45, 7) is 5.30. The second-order valence-electron chi connectivity index (χ2n) is 9.82. The lowest BCUT2D eigenvalue weighted by Gasteiger charge is -2.32. The van der Waals surface area contributed by atoms with E-state index in [0.717, 1.165) is 49.1 Å². The van der Waals surface area contributed by atoms with Gasteiger partial charge in [0, 0.05) is 60.2 Å². The second kappa shape index (κ2) is 10.2. The fraction of sp³-hybridized carbons (Fsp3) is 0.520. The molecule has 2 fully saturated rings. The van der Waals surface area contributed by atoms with Crippen molar-refractivity contribution >= 4 is 28.5 Å². The lowest BCUT2D eigenvalue weighted by atomic mass is 9.92. The summed E-state index contributed by atoms with van der Waals surface area (Å²) in [4.78, 5) is 28.3. The number of pyridine rings is 1. The summed E-state index contributed by atoms with van der Waals surface area (Å²) >= 11 is 0. The number of carbonyl (C=O) groups is 1. The number of carbonyl (C=O) groups excluding carboxylic acids is 1. The van der Waals surface area contributed by atoms with Crippen molar-refractivity contribution in [3.8, 4) is 6.01 Å². The second-order valence-corrected chi connectivity index (χ2v) is 9.82. The number of rotatable bonds is 9. The fourth-order valence-electron chi connectivity index (χ4n) is 4.81. The van der Waals surface area contributed by atoms with Crippen LogP contribution in [-0.4, -0.2) is 74.2 Å². The van der Waals surface area contributed by atoms with Crippen LogP contribution in [0, 0.1) is 17.2 Å². The first-order valence-electron chi connectivity index (χ1n) is 12.5. The molecule has 0 radical (unpaired) electrons. The van der Waals surface area contributed by atoms with Gasteiger partial charge in [0.15, 0.2) is 5.65 Å². The number of hydrogen-bond donors (Lipinski definition) is 4. The summed E-state index contributed by atoms with van der Waals surface area (Å²) in [6.07, 6.45) is 4.47. The third-order valence-electron chi connectivity index (χ3n) is 7.05. The van der Waals surface area contributed by atoms with Crippen molar-refractivity contribution in [1.29, 1.82) is 5.41 Å². The van der Waals surface area contributed by atoms with Crippen LogP contribution in [0.25, 0.3) is 11.0 Å².